The van der Waals surface area contributed by atoms with Gasteiger partial charge in [0.25, 0.3) is 0 Å². The molecular weight excluding hydrogens is 321 g/mol. The molecular formula is C12H21Cl2N3O2S. The third kappa shape index (κ3) is 5.54. The van der Waals surface area contributed by atoms with Crippen LogP contribution in [0.1, 0.15) is 22.7 Å². The number of amides is 1. The van der Waals surface area contributed by atoms with E-state index >= 15 is 0 Å². The first-order chi connectivity index (χ1) is 8.66. The normalized spacial score (nSPS) is 16.7. The Labute approximate surface area is 135 Å². The summed E-state index contributed by atoms with van der Waals surface area (Å²) in [6.45, 7) is 3.88. The molecule has 1 atom stereocenters. The molecule has 0 bridgehead atoms. The predicted octanol–water partition coefficient (Wildman–Crippen LogP) is 1.67. The summed E-state index contributed by atoms with van der Waals surface area (Å²) in [7, 11) is 0. The van der Waals surface area contributed by atoms with E-state index in [1.165, 1.54) is 0 Å². The van der Waals surface area contributed by atoms with Gasteiger partial charge >= 0.3 is 0 Å². The highest BCUT2D eigenvalue weighted by atomic mass is 35.5. The molecule has 20 heavy (non-hydrogen) atoms. The Balaban J connectivity index is 0.00000180. The molecule has 2 heterocycles. The number of carbonyl (C=O) groups is 1. The third-order valence-electron chi connectivity index (χ3n) is 3.18. The van der Waals surface area contributed by atoms with Gasteiger partial charge < -0.3 is 15.8 Å². The average molecular weight is 342 g/mol. The molecule has 1 aliphatic rings. The Kier molecular flexibility index (Phi) is 9.33. The predicted molar refractivity (Wildman–Crippen MR) is 84.7 cm³/mol. The van der Waals surface area contributed by atoms with E-state index in [0.29, 0.717) is 19.8 Å². The maximum absolute atomic E-state index is 11.9. The molecule has 3 N–H and O–H groups in total. The molecule has 8 heteroatoms. The lowest BCUT2D eigenvalue weighted by molar-refractivity contribution is -0.124. The van der Waals surface area contributed by atoms with E-state index in [0.717, 1.165) is 22.7 Å². The van der Waals surface area contributed by atoms with E-state index < -0.39 is 6.04 Å². The minimum absolute atomic E-state index is 0. The van der Waals surface area contributed by atoms with Crippen LogP contribution in [0, 0.1) is 12.8 Å². The molecule has 0 radical (unpaired) electrons. The number of hydrogen-bond acceptors (Lipinski definition) is 5. The highest BCUT2D eigenvalue weighted by Crippen LogP contribution is 2.18. The number of aryl methyl sites for hydroxylation is 1. The molecule has 5 nitrogen and oxygen atoms in total. The Hall–Kier alpha value is -0.400. The monoisotopic (exact) mass is 341 g/mol. The summed E-state index contributed by atoms with van der Waals surface area (Å²) in [5.74, 6) is 0.162. The van der Waals surface area contributed by atoms with Crippen LogP contribution in [0.3, 0.4) is 0 Å². The second-order valence-electron chi connectivity index (χ2n) is 4.54. The molecule has 0 saturated carbocycles. The average Bonchev–Trinajstić information content (AvgIpc) is 2.82. The number of aromatic nitrogens is 1. The van der Waals surface area contributed by atoms with Gasteiger partial charge in [-0.1, -0.05) is 0 Å². The number of ether oxygens (including phenoxy) is 1. The van der Waals surface area contributed by atoms with Gasteiger partial charge in [0, 0.05) is 24.3 Å². The fraction of sp³-hybridized carbons (Fsp3) is 0.667. The number of nitrogens with two attached hydrogens (primary N) is 1. The fourth-order valence-electron chi connectivity index (χ4n) is 2.07. The lowest BCUT2D eigenvalue weighted by Crippen LogP contribution is -2.46. The summed E-state index contributed by atoms with van der Waals surface area (Å²) < 4.78 is 5.27. The van der Waals surface area contributed by atoms with Crippen LogP contribution >= 0.6 is 36.2 Å². The molecule has 1 amide bonds. The van der Waals surface area contributed by atoms with Crippen LogP contribution in [-0.2, 0) is 16.1 Å². The van der Waals surface area contributed by atoms with E-state index in [-0.39, 0.29) is 36.6 Å². The zero-order chi connectivity index (χ0) is 13.0. The molecule has 2 rings (SSSR count). The first kappa shape index (κ1) is 19.6. The summed E-state index contributed by atoms with van der Waals surface area (Å²) in [4.78, 5) is 17.1. The fourth-order valence-corrected chi connectivity index (χ4v) is 2.80. The molecule has 1 saturated heterocycles. The Morgan fingerprint density at radius 3 is 2.75 bits per heavy atom. The minimum atomic E-state index is -0.428. The smallest absolute Gasteiger partial charge is 0.237 e. The quantitative estimate of drug-likeness (QED) is 0.873. The first-order valence-corrected chi connectivity index (χ1v) is 7.01. The summed E-state index contributed by atoms with van der Waals surface area (Å²) in [6, 6.07) is -0.428. The second-order valence-corrected chi connectivity index (χ2v) is 5.86. The van der Waals surface area contributed by atoms with Crippen molar-refractivity contribution in [1.29, 1.82) is 0 Å². The van der Waals surface area contributed by atoms with Gasteiger partial charge in [-0.2, -0.15) is 0 Å². The second kappa shape index (κ2) is 9.52. The number of nitrogens with one attached hydrogen (secondary N) is 1. The lowest BCUT2D eigenvalue weighted by atomic mass is 9.92. The van der Waals surface area contributed by atoms with Crippen LogP contribution in [0.5, 0.6) is 0 Å². The van der Waals surface area contributed by atoms with Gasteiger partial charge in [-0.15, -0.1) is 36.2 Å². The number of rotatable bonds is 4. The molecule has 1 fully saturated rings. The van der Waals surface area contributed by atoms with Crippen molar-refractivity contribution >= 4 is 42.1 Å². The van der Waals surface area contributed by atoms with Crippen LogP contribution in [0.4, 0.5) is 0 Å². The Morgan fingerprint density at radius 1 is 1.55 bits per heavy atom. The molecule has 1 aromatic heterocycles. The third-order valence-corrected chi connectivity index (χ3v) is 4.10. The molecule has 1 aliphatic heterocycles. The van der Waals surface area contributed by atoms with E-state index in [2.05, 4.69) is 10.3 Å². The van der Waals surface area contributed by atoms with Crippen LogP contribution in [-0.4, -0.2) is 30.1 Å². The van der Waals surface area contributed by atoms with Gasteiger partial charge in [-0.05, 0) is 25.7 Å². The van der Waals surface area contributed by atoms with Crippen molar-refractivity contribution in [2.75, 3.05) is 13.2 Å². The van der Waals surface area contributed by atoms with Crippen molar-refractivity contribution < 1.29 is 9.53 Å². The van der Waals surface area contributed by atoms with E-state index in [1.807, 2.05) is 6.92 Å². The highest BCUT2D eigenvalue weighted by molar-refractivity contribution is 7.11. The highest BCUT2D eigenvalue weighted by Gasteiger charge is 2.26. The SMILES string of the molecule is Cc1ncc(CNC(=O)C(N)C2CCOCC2)s1.Cl.Cl. The molecule has 1 unspecified atom stereocenters. The van der Waals surface area contributed by atoms with Crippen molar-refractivity contribution in [3.8, 4) is 0 Å². The maximum Gasteiger partial charge on any atom is 0.237 e. The largest absolute Gasteiger partial charge is 0.381 e. The van der Waals surface area contributed by atoms with Gasteiger partial charge in [-0.25, -0.2) is 4.98 Å². The first-order valence-electron chi connectivity index (χ1n) is 6.19. The summed E-state index contributed by atoms with van der Waals surface area (Å²) in [5, 5.41) is 3.88. The van der Waals surface area contributed by atoms with Crippen LogP contribution in [0.15, 0.2) is 6.20 Å². The number of hydrogen-bond donors (Lipinski definition) is 2. The van der Waals surface area contributed by atoms with Gasteiger partial charge in [0.15, 0.2) is 0 Å². The van der Waals surface area contributed by atoms with Crippen LogP contribution in [0.2, 0.25) is 0 Å². The number of carbonyl (C=O) groups excluding carboxylic acids is 1. The van der Waals surface area contributed by atoms with Crippen LogP contribution < -0.4 is 11.1 Å². The molecule has 0 spiro atoms. The maximum atomic E-state index is 11.9. The number of nitrogens with zero attached hydrogens (tertiary/aromatic N) is 1. The number of thiazole rings is 1. The Bertz CT molecular complexity index is 411. The van der Waals surface area contributed by atoms with Crippen molar-refractivity contribution in [1.82, 2.24) is 10.3 Å². The van der Waals surface area contributed by atoms with Gasteiger partial charge in [-0.3, -0.25) is 4.79 Å². The zero-order valence-corrected chi connectivity index (χ0v) is 13.8. The lowest BCUT2D eigenvalue weighted by Gasteiger charge is -2.26. The summed E-state index contributed by atoms with van der Waals surface area (Å²) >= 11 is 1.59. The molecule has 0 aromatic carbocycles. The summed E-state index contributed by atoms with van der Waals surface area (Å²) in [6.07, 6.45) is 3.53. The van der Waals surface area contributed by atoms with Crippen molar-refractivity contribution in [2.45, 2.75) is 32.4 Å². The van der Waals surface area contributed by atoms with E-state index in [4.69, 9.17) is 10.5 Å². The van der Waals surface area contributed by atoms with E-state index in [9.17, 15) is 4.79 Å². The van der Waals surface area contributed by atoms with Gasteiger partial charge in [0.2, 0.25) is 5.91 Å². The summed E-state index contributed by atoms with van der Waals surface area (Å²) in [5.41, 5.74) is 5.98. The van der Waals surface area contributed by atoms with Crippen molar-refractivity contribution in [2.24, 2.45) is 11.7 Å². The van der Waals surface area contributed by atoms with Crippen molar-refractivity contribution in [3.05, 3.63) is 16.1 Å². The van der Waals surface area contributed by atoms with E-state index in [1.54, 1.807) is 17.5 Å². The molecule has 0 aliphatic carbocycles. The zero-order valence-electron chi connectivity index (χ0n) is 11.3. The minimum Gasteiger partial charge on any atom is -0.381 e. The number of halogens is 2. The molecule has 116 valence electrons. The standard InChI is InChI=1S/C12H19N3O2S.2ClH/c1-8-14-6-10(18-8)7-15-12(16)11(13)9-2-4-17-5-3-9;;/h6,9,11H,2-5,7,13H2,1H3,(H,15,16);2*1H. The van der Waals surface area contributed by atoms with Gasteiger partial charge in [0.05, 0.1) is 17.6 Å². The Morgan fingerprint density at radius 2 is 2.20 bits per heavy atom. The molecule has 1 aromatic rings. The van der Waals surface area contributed by atoms with Gasteiger partial charge in [0.1, 0.15) is 0 Å². The van der Waals surface area contributed by atoms with Crippen LogP contribution in [0.25, 0.3) is 0 Å². The topological polar surface area (TPSA) is 77.2 Å². The van der Waals surface area contributed by atoms with Crippen molar-refractivity contribution in [3.63, 3.8) is 0 Å².